The summed E-state index contributed by atoms with van der Waals surface area (Å²) in [6, 6.07) is 13.5. The molecule has 146 valence electrons. The summed E-state index contributed by atoms with van der Waals surface area (Å²) in [5, 5.41) is 22.2. The maximum absolute atomic E-state index is 13.2. The lowest BCUT2D eigenvalue weighted by Gasteiger charge is -2.36. The Labute approximate surface area is 163 Å². The zero-order valence-corrected chi connectivity index (χ0v) is 15.9. The minimum absolute atomic E-state index is 0.0939. The summed E-state index contributed by atoms with van der Waals surface area (Å²) in [5.41, 5.74) is 1.98. The van der Waals surface area contributed by atoms with Gasteiger partial charge >= 0.3 is 0 Å². The van der Waals surface area contributed by atoms with E-state index in [0.717, 1.165) is 42.9 Å². The van der Waals surface area contributed by atoms with Crippen LogP contribution in [0.15, 0.2) is 48.5 Å². The summed E-state index contributed by atoms with van der Waals surface area (Å²) in [5.74, 6) is 1.45. The van der Waals surface area contributed by atoms with Crippen LogP contribution in [0.5, 0.6) is 5.75 Å². The number of phenols is 1. The first kappa shape index (κ1) is 18.6. The van der Waals surface area contributed by atoms with Crippen molar-refractivity contribution in [3.63, 3.8) is 0 Å². The topological polar surface area (TPSA) is 67.1 Å². The van der Waals surface area contributed by atoms with E-state index in [1.54, 1.807) is 28.9 Å². The number of phenolic OH excluding ortho intramolecular Hbond substituents is 1. The molecule has 28 heavy (non-hydrogen) atoms. The van der Waals surface area contributed by atoms with Crippen LogP contribution in [0.2, 0.25) is 0 Å². The zero-order chi connectivity index (χ0) is 19.5. The van der Waals surface area contributed by atoms with Crippen molar-refractivity contribution in [1.29, 1.82) is 0 Å². The number of piperidine rings is 1. The molecule has 1 atom stereocenters. The number of halogens is 1. The lowest BCUT2D eigenvalue weighted by molar-refractivity contribution is 0.150. The van der Waals surface area contributed by atoms with Gasteiger partial charge in [0.1, 0.15) is 11.6 Å². The predicted octanol–water partition coefficient (Wildman–Crippen LogP) is 3.39. The Hall–Kier alpha value is -2.80. The Bertz CT molecular complexity index is 901. The van der Waals surface area contributed by atoms with Crippen molar-refractivity contribution in [2.75, 3.05) is 13.1 Å². The van der Waals surface area contributed by atoms with Crippen LogP contribution in [0.3, 0.4) is 0 Å². The average Bonchev–Trinajstić information content (AvgIpc) is 3.14. The molecule has 3 aromatic rings. The SMILES string of the molecule is CC1CCN([C@@H](c2ccc(O)cc2)c2nnnn2Cc2ccc(F)cc2)CC1. The summed E-state index contributed by atoms with van der Waals surface area (Å²) in [6.07, 6.45) is 2.27. The summed E-state index contributed by atoms with van der Waals surface area (Å²) in [4.78, 5) is 2.40. The zero-order valence-electron chi connectivity index (χ0n) is 15.9. The molecule has 0 amide bonds. The maximum Gasteiger partial charge on any atom is 0.173 e. The van der Waals surface area contributed by atoms with Crippen LogP contribution in [0.25, 0.3) is 0 Å². The monoisotopic (exact) mass is 381 g/mol. The predicted molar refractivity (Wildman–Crippen MR) is 103 cm³/mol. The molecule has 0 radical (unpaired) electrons. The molecule has 0 aliphatic carbocycles. The highest BCUT2D eigenvalue weighted by Gasteiger charge is 2.30. The van der Waals surface area contributed by atoms with Crippen molar-refractivity contribution in [1.82, 2.24) is 25.1 Å². The Balaban J connectivity index is 1.67. The fourth-order valence-corrected chi connectivity index (χ4v) is 3.75. The minimum Gasteiger partial charge on any atom is -0.508 e. The van der Waals surface area contributed by atoms with Crippen LogP contribution in [-0.2, 0) is 6.54 Å². The molecule has 1 fully saturated rings. The first-order valence-electron chi connectivity index (χ1n) is 9.63. The number of benzene rings is 2. The van der Waals surface area contributed by atoms with Gasteiger partial charge in [0.2, 0.25) is 0 Å². The van der Waals surface area contributed by atoms with Gasteiger partial charge in [0.05, 0.1) is 12.6 Å². The standard InChI is InChI=1S/C21H24FN5O/c1-15-10-12-26(13-11-15)20(17-4-8-19(28)9-5-17)21-23-24-25-27(21)14-16-2-6-18(22)7-3-16/h2-9,15,20,28H,10-14H2,1H3/t20-/m0/s1. The van der Waals surface area contributed by atoms with E-state index in [-0.39, 0.29) is 17.6 Å². The van der Waals surface area contributed by atoms with Gasteiger partial charge in [-0.05, 0) is 77.7 Å². The van der Waals surface area contributed by atoms with Crippen molar-refractivity contribution < 1.29 is 9.50 Å². The fraction of sp³-hybridized carbons (Fsp3) is 0.381. The Kier molecular flexibility index (Phi) is 5.34. The van der Waals surface area contributed by atoms with E-state index < -0.39 is 0 Å². The van der Waals surface area contributed by atoms with Gasteiger partial charge in [-0.2, -0.15) is 0 Å². The molecule has 0 spiro atoms. The van der Waals surface area contributed by atoms with Gasteiger partial charge in [-0.1, -0.05) is 31.2 Å². The van der Waals surface area contributed by atoms with Gasteiger partial charge in [0.15, 0.2) is 5.82 Å². The molecule has 2 heterocycles. The number of rotatable bonds is 5. The third-order valence-electron chi connectivity index (χ3n) is 5.44. The molecule has 6 nitrogen and oxygen atoms in total. The number of tetrazole rings is 1. The van der Waals surface area contributed by atoms with Gasteiger partial charge in [-0.25, -0.2) is 9.07 Å². The summed E-state index contributed by atoms with van der Waals surface area (Å²) < 4.78 is 15.0. The lowest BCUT2D eigenvalue weighted by atomic mass is 9.95. The van der Waals surface area contributed by atoms with Gasteiger partial charge in [-0.3, -0.25) is 4.90 Å². The van der Waals surface area contributed by atoms with Crippen molar-refractivity contribution in [2.45, 2.75) is 32.4 Å². The normalized spacial score (nSPS) is 16.9. The third-order valence-corrected chi connectivity index (χ3v) is 5.44. The van der Waals surface area contributed by atoms with Crippen molar-refractivity contribution in [3.8, 4) is 5.75 Å². The molecule has 0 unspecified atom stereocenters. The first-order valence-corrected chi connectivity index (χ1v) is 9.63. The lowest BCUT2D eigenvalue weighted by Crippen LogP contribution is -2.38. The highest BCUT2D eigenvalue weighted by atomic mass is 19.1. The molecular formula is C21H24FN5O. The number of hydrogen-bond acceptors (Lipinski definition) is 5. The highest BCUT2D eigenvalue weighted by molar-refractivity contribution is 5.31. The van der Waals surface area contributed by atoms with Crippen LogP contribution >= 0.6 is 0 Å². The molecular weight excluding hydrogens is 357 g/mol. The van der Waals surface area contributed by atoms with Crippen molar-refractivity contribution in [3.05, 3.63) is 71.3 Å². The van der Waals surface area contributed by atoms with Gasteiger partial charge in [0.25, 0.3) is 0 Å². The summed E-state index contributed by atoms with van der Waals surface area (Å²) >= 11 is 0. The largest absolute Gasteiger partial charge is 0.508 e. The Morgan fingerprint density at radius 3 is 2.43 bits per heavy atom. The molecule has 1 aromatic heterocycles. The molecule has 1 aliphatic rings. The van der Waals surface area contributed by atoms with E-state index in [0.29, 0.717) is 12.5 Å². The van der Waals surface area contributed by atoms with E-state index in [1.165, 1.54) is 12.1 Å². The highest BCUT2D eigenvalue weighted by Crippen LogP contribution is 2.32. The average molecular weight is 381 g/mol. The smallest absolute Gasteiger partial charge is 0.173 e. The molecule has 0 bridgehead atoms. The second-order valence-corrected chi connectivity index (χ2v) is 7.53. The molecule has 4 rings (SSSR count). The summed E-state index contributed by atoms with van der Waals surface area (Å²) in [7, 11) is 0. The van der Waals surface area contributed by atoms with Crippen LogP contribution in [0.4, 0.5) is 4.39 Å². The van der Waals surface area contributed by atoms with Gasteiger partial charge in [0, 0.05) is 0 Å². The maximum atomic E-state index is 13.2. The third kappa shape index (κ3) is 4.04. The molecule has 1 aliphatic heterocycles. The number of hydrogen-bond donors (Lipinski definition) is 1. The van der Waals surface area contributed by atoms with Crippen LogP contribution in [0.1, 0.15) is 42.8 Å². The number of nitrogens with zero attached hydrogens (tertiary/aromatic N) is 5. The van der Waals surface area contributed by atoms with E-state index in [2.05, 4.69) is 27.3 Å². The van der Waals surface area contributed by atoms with E-state index in [1.807, 2.05) is 12.1 Å². The second-order valence-electron chi connectivity index (χ2n) is 7.53. The Morgan fingerprint density at radius 2 is 1.75 bits per heavy atom. The van der Waals surface area contributed by atoms with E-state index in [4.69, 9.17) is 0 Å². The van der Waals surface area contributed by atoms with Crippen LogP contribution < -0.4 is 0 Å². The number of aromatic nitrogens is 4. The molecule has 7 heteroatoms. The molecule has 0 saturated carbocycles. The van der Waals surface area contributed by atoms with Crippen LogP contribution in [0, 0.1) is 11.7 Å². The quantitative estimate of drug-likeness (QED) is 0.734. The fourth-order valence-electron chi connectivity index (χ4n) is 3.75. The Morgan fingerprint density at radius 1 is 1.07 bits per heavy atom. The molecule has 2 aromatic carbocycles. The molecule has 1 saturated heterocycles. The minimum atomic E-state index is -0.259. The van der Waals surface area contributed by atoms with Crippen LogP contribution in [-0.4, -0.2) is 43.3 Å². The van der Waals surface area contributed by atoms with Crippen molar-refractivity contribution >= 4 is 0 Å². The van der Waals surface area contributed by atoms with E-state index in [9.17, 15) is 9.50 Å². The van der Waals surface area contributed by atoms with Gasteiger partial charge in [-0.15, -0.1) is 5.10 Å². The van der Waals surface area contributed by atoms with Gasteiger partial charge < -0.3 is 5.11 Å². The number of likely N-dealkylation sites (tertiary alicyclic amines) is 1. The summed E-state index contributed by atoms with van der Waals surface area (Å²) in [6.45, 7) is 4.69. The number of aromatic hydroxyl groups is 1. The molecule has 1 N–H and O–H groups in total. The van der Waals surface area contributed by atoms with Crippen molar-refractivity contribution in [2.24, 2.45) is 5.92 Å². The second kappa shape index (κ2) is 8.06. The van der Waals surface area contributed by atoms with E-state index >= 15 is 0 Å². The first-order chi connectivity index (χ1) is 13.6.